The van der Waals surface area contributed by atoms with Crippen molar-refractivity contribution in [3.8, 4) is 22.6 Å². The van der Waals surface area contributed by atoms with E-state index in [0.29, 0.717) is 5.56 Å². The second kappa shape index (κ2) is 10.1. The molecule has 0 saturated carbocycles. The number of fused-ring (bicyclic) bond motifs is 6. The molecule has 7 aromatic carbocycles. The minimum Gasteiger partial charge on any atom is -0.435 e. The molecule has 0 N–H and O–H groups in total. The van der Waals surface area contributed by atoms with Crippen LogP contribution < -0.4 is 4.90 Å². The molecule has 0 fully saturated rings. The summed E-state index contributed by atoms with van der Waals surface area (Å²) in [6.07, 6.45) is 0. The lowest BCUT2D eigenvalue weighted by Gasteiger charge is -2.25. The van der Waals surface area contributed by atoms with Crippen molar-refractivity contribution >= 4 is 49.7 Å². The van der Waals surface area contributed by atoms with E-state index in [-0.39, 0.29) is 50.6 Å². The van der Waals surface area contributed by atoms with Crippen molar-refractivity contribution in [3.05, 3.63) is 158 Å². The third-order valence-corrected chi connectivity index (χ3v) is 7.34. The van der Waals surface area contributed by atoms with Gasteiger partial charge in [0.2, 0.25) is 5.89 Å². The number of para-hydroxylation sites is 1. The van der Waals surface area contributed by atoms with E-state index in [1.54, 1.807) is 0 Å². The molecule has 0 amide bonds. The molecule has 0 atom stereocenters. The van der Waals surface area contributed by atoms with Crippen LogP contribution in [0.2, 0.25) is 0 Å². The Balaban J connectivity index is 1.29. The fraction of sp³-hybridized carbons (Fsp3) is 0. The van der Waals surface area contributed by atoms with Crippen molar-refractivity contribution < 1.29 is 15.4 Å². The minimum atomic E-state index is -0.511. The van der Waals surface area contributed by atoms with Gasteiger partial charge in [0.15, 0.2) is 5.58 Å². The monoisotopic (exact) mass is 546 g/mol. The summed E-state index contributed by atoms with van der Waals surface area (Å²) in [5.41, 5.74) is 5.68. The molecule has 42 heavy (non-hydrogen) atoms. The summed E-state index contributed by atoms with van der Waals surface area (Å²) in [4.78, 5) is 6.83. The molecule has 1 aromatic heterocycles. The van der Waals surface area contributed by atoms with E-state index >= 15 is 0 Å². The molecule has 0 aliphatic rings. The van der Waals surface area contributed by atoms with Gasteiger partial charge >= 0.3 is 0 Å². The summed E-state index contributed by atoms with van der Waals surface area (Å²) in [5.74, 6) is 0.138. The van der Waals surface area contributed by atoms with Crippen LogP contribution in [0.15, 0.2) is 162 Å². The molecular formula is C39H26N2O. The van der Waals surface area contributed by atoms with Crippen LogP contribution in [0, 0.1) is 0 Å². The Morgan fingerprint density at radius 2 is 0.952 bits per heavy atom. The summed E-state index contributed by atoms with van der Waals surface area (Å²) < 4.78 is 74.5. The zero-order chi connectivity index (χ0) is 34.8. The first-order chi connectivity index (χ1) is 24.2. The van der Waals surface area contributed by atoms with Crippen molar-refractivity contribution in [2.45, 2.75) is 0 Å². The molecule has 0 unspecified atom stereocenters. The molecule has 8 aromatic rings. The second-order valence-corrected chi connectivity index (χ2v) is 9.83. The predicted molar refractivity (Wildman–Crippen MR) is 175 cm³/mol. The zero-order valence-electron chi connectivity index (χ0n) is 30.2. The topological polar surface area (TPSA) is 29.3 Å². The summed E-state index contributed by atoms with van der Waals surface area (Å²) in [6.45, 7) is 0. The van der Waals surface area contributed by atoms with Gasteiger partial charge in [-0.1, -0.05) is 109 Å². The van der Waals surface area contributed by atoms with Gasteiger partial charge in [0.25, 0.3) is 0 Å². The quantitative estimate of drug-likeness (QED) is 0.201. The van der Waals surface area contributed by atoms with E-state index in [1.165, 1.54) is 0 Å². The van der Waals surface area contributed by atoms with Crippen LogP contribution in [-0.4, -0.2) is 4.98 Å². The minimum absolute atomic E-state index is 0.00750. The second-order valence-electron chi connectivity index (χ2n) is 9.83. The maximum atomic E-state index is 8.75. The van der Waals surface area contributed by atoms with Gasteiger partial charge in [0.05, 0.1) is 11.0 Å². The lowest BCUT2D eigenvalue weighted by molar-refractivity contribution is 0.623. The normalized spacial score (nSPS) is 14.0. The third-order valence-electron chi connectivity index (χ3n) is 7.34. The highest BCUT2D eigenvalue weighted by atomic mass is 16.3. The first kappa shape index (κ1) is 17.2. The maximum absolute atomic E-state index is 8.75. The van der Waals surface area contributed by atoms with Crippen molar-refractivity contribution in [1.29, 1.82) is 0 Å². The highest BCUT2D eigenvalue weighted by Gasteiger charge is 2.17. The lowest BCUT2D eigenvalue weighted by atomic mass is 10.0. The smallest absolute Gasteiger partial charge is 0.227 e. The third kappa shape index (κ3) is 4.11. The molecule has 0 spiro atoms. The number of oxazole rings is 1. The zero-order valence-corrected chi connectivity index (χ0v) is 22.2. The number of nitrogens with zero attached hydrogens (tertiary/aromatic N) is 2. The van der Waals surface area contributed by atoms with Gasteiger partial charge < -0.3 is 9.32 Å². The fourth-order valence-electron chi connectivity index (χ4n) is 5.34. The standard InChI is InChI=1S/C39H26N2O/c1-3-11-27(12-4-1)28-19-23-31(24-20-28)41(30-13-5-2-6-14-30)32-25-21-29(22-26-32)39-40-37-35-17-9-7-15-33(35)34-16-8-10-18-36(34)38(37)42-39/h1-26H/i7D,8D,9D,10D,15D,16D,17D,18D. The first-order valence-corrected chi connectivity index (χ1v) is 13.5. The van der Waals surface area contributed by atoms with E-state index in [9.17, 15) is 0 Å². The molecule has 1 heterocycles. The number of hydrogen-bond donors (Lipinski definition) is 0. The van der Waals surface area contributed by atoms with Gasteiger partial charge in [-0.25, -0.2) is 4.98 Å². The van der Waals surface area contributed by atoms with E-state index in [2.05, 4.69) is 41.3 Å². The average molecular weight is 547 g/mol. The number of hydrogen-bond acceptors (Lipinski definition) is 3. The Bertz CT molecular complexity index is 2510. The lowest BCUT2D eigenvalue weighted by Crippen LogP contribution is -2.09. The van der Waals surface area contributed by atoms with Crippen LogP contribution in [0.1, 0.15) is 11.0 Å². The molecule has 0 radical (unpaired) electrons. The van der Waals surface area contributed by atoms with Crippen molar-refractivity contribution in [3.63, 3.8) is 0 Å². The largest absolute Gasteiger partial charge is 0.435 e. The molecule has 0 saturated heterocycles. The predicted octanol–water partition coefficient (Wildman–Crippen LogP) is 10.9. The Hall–Kier alpha value is -5.67. The van der Waals surface area contributed by atoms with Crippen LogP contribution in [0.5, 0.6) is 0 Å². The van der Waals surface area contributed by atoms with Gasteiger partial charge in [0, 0.05) is 33.4 Å². The number of aromatic nitrogens is 1. The van der Waals surface area contributed by atoms with Gasteiger partial charge in [0.1, 0.15) is 5.52 Å². The molecule has 3 nitrogen and oxygen atoms in total. The van der Waals surface area contributed by atoms with Gasteiger partial charge in [-0.2, -0.15) is 0 Å². The molecular weight excluding hydrogens is 512 g/mol. The Morgan fingerprint density at radius 1 is 0.476 bits per heavy atom. The molecule has 0 aliphatic heterocycles. The van der Waals surface area contributed by atoms with Crippen LogP contribution in [0.3, 0.4) is 0 Å². The fourth-order valence-corrected chi connectivity index (χ4v) is 5.34. The van der Waals surface area contributed by atoms with E-state index < -0.39 is 36.3 Å². The van der Waals surface area contributed by atoms with Crippen LogP contribution in [0.25, 0.3) is 55.2 Å². The van der Waals surface area contributed by atoms with E-state index in [1.807, 2.05) is 72.8 Å². The summed E-state index contributed by atoms with van der Waals surface area (Å²) in [5, 5.41) is -0.0322. The van der Waals surface area contributed by atoms with Crippen LogP contribution in [0.4, 0.5) is 17.1 Å². The Kier molecular flexibility index (Phi) is 4.12. The van der Waals surface area contributed by atoms with Gasteiger partial charge in [-0.15, -0.1) is 0 Å². The number of anilines is 3. The van der Waals surface area contributed by atoms with Crippen molar-refractivity contribution in [1.82, 2.24) is 4.98 Å². The summed E-state index contributed by atoms with van der Waals surface area (Å²) in [7, 11) is 0. The molecule has 0 aliphatic carbocycles. The van der Waals surface area contributed by atoms with E-state index in [0.717, 1.165) is 28.2 Å². The van der Waals surface area contributed by atoms with Crippen molar-refractivity contribution in [2.75, 3.05) is 4.90 Å². The Labute approximate surface area is 255 Å². The summed E-state index contributed by atoms with van der Waals surface area (Å²) in [6, 6.07) is 32.4. The number of rotatable bonds is 5. The Morgan fingerprint density at radius 3 is 1.60 bits per heavy atom. The molecule has 0 bridgehead atoms. The molecule has 8 rings (SSSR count). The highest BCUT2D eigenvalue weighted by molar-refractivity contribution is 6.22. The summed E-state index contributed by atoms with van der Waals surface area (Å²) >= 11 is 0. The molecule has 198 valence electrons. The maximum Gasteiger partial charge on any atom is 0.227 e. The average Bonchev–Trinajstić information content (AvgIpc) is 3.60. The van der Waals surface area contributed by atoms with Crippen LogP contribution in [-0.2, 0) is 0 Å². The van der Waals surface area contributed by atoms with Crippen molar-refractivity contribution in [2.24, 2.45) is 0 Å². The highest BCUT2D eigenvalue weighted by Crippen LogP contribution is 2.39. The van der Waals surface area contributed by atoms with E-state index in [4.69, 9.17) is 20.4 Å². The molecule has 3 heteroatoms. The van der Waals surface area contributed by atoms with Gasteiger partial charge in [-0.3, -0.25) is 0 Å². The first-order valence-electron chi connectivity index (χ1n) is 17.5. The number of benzene rings is 7. The SMILES string of the molecule is [2H]c1c([2H])c([2H])c2c(c1[2H])c1nc(-c3ccc(N(c4ccccc4)c4ccc(-c5ccccc5)cc4)cc3)oc1c1c([2H])c([2H])c([2H])c([2H])c12. The van der Waals surface area contributed by atoms with Crippen LogP contribution >= 0.6 is 0 Å². The van der Waals surface area contributed by atoms with Gasteiger partial charge in [-0.05, 0) is 70.4 Å².